The number of hydrogen-bond acceptors (Lipinski definition) is 7. The smallest absolute Gasteiger partial charge is 0.282 e. The van der Waals surface area contributed by atoms with Gasteiger partial charge in [0, 0.05) is 11.8 Å². The first-order valence-corrected chi connectivity index (χ1v) is 11.5. The minimum atomic E-state index is -1.20. The van der Waals surface area contributed by atoms with E-state index in [0.29, 0.717) is 22.7 Å². The molecule has 0 saturated carbocycles. The van der Waals surface area contributed by atoms with E-state index in [4.69, 9.17) is 9.47 Å². The molecule has 0 spiro atoms. The zero-order valence-corrected chi connectivity index (χ0v) is 20.6. The van der Waals surface area contributed by atoms with Gasteiger partial charge in [-0.25, -0.2) is 0 Å². The third-order valence-corrected chi connectivity index (χ3v) is 6.98. The van der Waals surface area contributed by atoms with E-state index in [1.165, 1.54) is 37.3 Å². The van der Waals surface area contributed by atoms with Crippen molar-refractivity contribution >= 4 is 29.1 Å². The number of nitro benzene ring substituents is 1. The Kier molecular flexibility index (Phi) is 5.66. The van der Waals surface area contributed by atoms with E-state index >= 15 is 0 Å². The number of β-lactam (4-membered cyclic amide) rings is 1. The topological polar surface area (TPSA) is 119 Å². The van der Waals surface area contributed by atoms with Crippen LogP contribution in [0.1, 0.15) is 43.4 Å². The largest absolute Gasteiger partial charge is 0.493 e. The number of benzene rings is 3. The molecule has 10 nitrogen and oxygen atoms in total. The number of hydrogen-bond donors (Lipinski definition) is 0. The minimum Gasteiger partial charge on any atom is -0.493 e. The van der Waals surface area contributed by atoms with Crippen molar-refractivity contribution in [2.45, 2.75) is 25.9 Å². The molecule has 3 amide bonds. The van der Waals surface area contributed by atoms with Crippen molar-refractivity contribution in [3.05, 3.63) is 92.5 Å². The van der Waals surface area contributed by atoms with Gasteiger partial charge in [-0.1, -0.05) is 18.2 Å². The van der Waals surface area contributed by atoms with Gasteiger partial charge in [0.15, 0.2) is 11.5 Å². The van der Waals surface area contributed by atoms with Gasteiger partial charge in [-0.2, -0.15) is 0 Å². The van der Waals surface area contributed by atoms with Gasteiger partial charge in [0.25, 0.3) is 23.4 Å². The summed E-state index contributed by atoms with van der Waals surface area (Å²) < 4.78 is 10.8. The fourth-order valence-corrected chi connectivity index (χ4v) is 4.95. The number of nitro groups is 1. The van der Waals surface area contributed by atoms with Gasteiger partial charge < -0.3 is 14.4 Å². The van der Waals surface area contributed by atoms with Crippen molar-refractivity contribution in [3.63, 3.8) is 0 Å². The molecule has 0 aliphatic carbocycles. The molecule has 1 saturated heterocycles. The quantitative estimate of drug-likeness (QED) is 0.217. The van der Waals surface area contributed by atoms with Crippen molar-refractivity contribution in [2.75, 3.05) is 19.1 Å². The lowest BCUT2D eigenvalue weighted by Gasteiger charge is -2.50. The number of imide groups is 1. The Balaban J connectivity index is 1.64. The Morgan fingerprint density at radius 2 is 1.54 bits per heavy atom. The average molecular weight is 501 g/mol. The molecule has 3 aromatic carbocycles. The van der Waals surface area contributed by atoms with E-state index in [0.717, 1.165) is 16.0 Å². The number of anilines is 1. The fraction of sp³-hybridized carbons (Fsp3) is 0.222. The van der Waals surface area contributed by atoms with E-state index in [2.05, 4.69) is 0 Å². The van der Waals surface area contributed by atoms with Crippen LogP contribution in [-0.4, -0.2) is 47.8 Å². The molecule has 0 N–H and O–H groups in total. The number of carbonyl (C=O) groups is 3. The number of carbonyl (C=O) groups excluding carboxylic acids is 3. The maximum atomic E-state index is 13.7. The number of aryl methyl sites for hydroxylation is 2. The molecule has 37 heavy (non-hydrogen) atoms. The number of rotatable bonds is 6. The van der Waals surface area contributed by atoms with Crippen LogP contribution in [0.2, 0.25) is 0 Å². The third kappa shape index (κ3) is 3.52. The lowest BCUT2D eigenvalue weighted by atomic mass is 9.85. The second-order valence-electron chi connectivity index (χ2n) is 8.92. The summed E-state index contributed by atoms with van der Waals surface area (Å²) in [6.07, 6.45) is 0. The van der Waals surface area contributed by atoms with Crippen LogP contribution >= 0.6 is 0 Å². The van der Waals surface area contributed by atoms with Crippen LogP contribution in [0.15, 0.2) is 54.6 Å². The molecule has 1 fully saturated rings. The highest BCUT2D eigenvalue weighted by atomic mass is 16.6. The molecule has 3 aromatic rings. The molecule has 0 radical (unpaired) electrons. The molecule has 0 aromatic heterocycles. The molecule has 2 atom stereocenters. The summed E-state index contributed by atoms with van der Waals surface area (Å²) in [5, 5.41) is 11.6. The van der Waals surface area contributed by atoms with Crippen molar-refractivity contribution in [2.24, 2.45) is 0 Å². The normalized spacial score (nSPS) is 18.5. The summed E-state index contributed by atoms with van der Waals surface area (Å²) in [5.74, 6) is -1.19. The highest BCUT2D eigenvalue weighted by Gasteiger charge is 2.58. The Bertz CT molecular complexity index is 1500. The Morgan fingerprint density at radius 3 is 2.19 bits per heavy atom. The Hall–Kier alpha value is -4.73. The van der Waals surface area contributed by atoms with E-state index < -0.39 is 40.4 Å². The number of amides is 3. The molecular weight excluding hydrogens is 478 g/mol. The van der Waals surface area contributed by atoms with Gasteiger partial charge in [0.1, 0.15) is 11.6 Å². The first kappa shape index (κ1) is 24.0. The van der Waals surface area contributed by atoms with Crippen LogP contribution in [0.4, 0.5) is 11.4 Å². The standard InChI is InChI=1S/C27H23N3O7/c1-14-8-10-17(12-15(14)2)28-23(16-9-11-20(36-3)21(13-16)37-4)24(27(28)33)29-25(31)18-6-5-7-19(30(34)35)22(18)26(29)32/h5-13,23-24H,1-4H3/t23-,24+/m1/s1. The van der Waals surface area contributed by atoms with Crippen LogP contribution in [0, 0.1) is 24.0 Å². The van der Waals surface area contributed by atoms with E-state index in [1.807, 2.05) is 26.0 Å². The molecule has 188 valence electrons. The molecule has 2 aliphatic rings. The van der Waals surface area contributed by atoms with Crippen molar-refractivity contribution in [1.82, 2.24) is 4.90 Å². The maximum Gasteiger partial charge on any atom is 0.282 e. The second-order valence-corrected chi connectivity index (χ2v) is 8.92. The minimum absolute atomic E-state index is 0.0947. The zero-order valence-electron chi connectivity index (χ0n) is 20.6. The molecule has 10 heteroatoms. The summed E-state index contributed by atoms with van der Waals surface area (Å²) in [7, 11) is 2.98. The second kappa shape index (κ2) is 8.74. The van der Waals surface area contributed by atoms with Crippen LogP contribution in [0.5, 0.6) is 11.5 Å². The molecule has 2 aliphatic heterocycles. The van der Waals surface area contributed by atoms with E-state index in [9.17, 15) is 24.5 Å². The molecule has 2 heterocycles. The van der Waals surface area contributed by atoms with Crippen LogP contribution in [0.25, 0.3) is 0 Å². The molecule has 0 unspecified atom stereocenters. The SMILES string of the molecule is COc1ccc([C@@H]2[C@H](N3C(=O)c4cccc([N+](=O)[O-])c4C3=O)C(=O)N2c2ccc(C)c(C)c2)cc1OC. The summed E-state index contributed by atoms with van der Waals surface area (Å²) >= 11 is 0. The van der Waals surface area contributed by atoms with Crippen molar-refractivity contribution < 1.29 is 28.8 Å². The molecule has 0 bridgehead atoms. The van der Waals surface area contributed by atoms with Gasteiger partial charge in [-0.05, 0) is 60.9 Å². The predicted molar refractivity (Wildman–Crippen MR) is 133 cm³/mol. The van der Waals surface area contributed by atoms with Gasteiger partial charge in [0.2, 0.25) is 0 Å². The summed E-state index contributed by atoms with van der Waals surface area (Å²) in [6.45, 7) is 3.88. The number of methoxy groups -OCH3 is 2. The monoisotopic (exact) mass is 501 g/mol. The lowest BCUT2D eigenvalue weighted by molar-refractivity contribution is -0.385. The van der Waals surface area contributed by atoms with Crippen LogP contribution < -0.4 is 14.4 Å². The Morgan fingerprint density at radius 1 is 0.811 bits per heavy atom. The maximum absolute atomic E-state index is 13.7. The average Bonchev–Trinajstić information content (AvgIpc) is 3.14. The lowest BCUT2D eigenvalue weighted by Crippen LogP contribution is -2.67. The number of nitrogens with zero attached hydrogens (tertiary/aromatic N) is 3. The first-order chi connectivity index (χ1) is 17.7. The highest BCUT2D eigenvalue weighted by molar-refractivity contribution is 6.26. The summed E-state index contributed by atoms with van der Waals surface area (Å²) in [4.78, 5) is 53.7. The van der Waals surface area contributed by atoms with Gasteiger partial charge >= 0.3 is 0 Å². The molecule has 5 rings (SSSR count). The molecular formula is C27H23N3O7. The fourth-order valence-electron chi connectivity index (χ4n) is 4.95. The van der Waals surface area contributed by atoms with Crippen LogP contribution in [0.3, 0.4) is 0 Å². The van der Waals surface area contributed by atoms with Crippen LogP contribution in [-0.2, 0) is 4.79 Å². The highest BCUT2D eigenvalue weighted by Crippen LogP contribution is 2.46. The van der Waals surface area contributed by atoms with Crippen molar-refractivity contribution in [1.29, 1.82) is 0 Å². The van der Waals surface area contributed by atoms with Gasteiger partial charge in [-0.3, -0.25) is 29.4 Å². The summed E-state index contributed by atoms with van der Waals surface area (Å²) in [6, 6.07) is 12.6. The van der Waals surface area contributed by atoms with Crippen molar-refractivity contribution in [3.8, 4) is 11.5 Å². The van der Waals surface area contributed by atoms with Gasteiger partial charge in [-0.15, -0.1) is 0 Å². The summed E-state index contributed by atoms with van der Waals surface area (Å²) in [5.41, 5.74) is 2.35. The number of fused-ring (bicyclic) bond motifs is 1. The zero-order chi connectivity index (χ0) is 26.6. The predicted octanol–water partition coefficient (Wildman–Crippen LogP) is 3.98. The number of ether oxygens (including phenoxy) is 2. The Labute approximate surface area is 212 Å². The van der Waals surface area contributed by atoms with Gasteiger partial charge in [0.05, 0.1) is 30.7 Å². The third-order valence-electron chi connectivity index (χ3n) is 6.98. The van der Waals surface area contributed by atoms with E-state index in [-0.39, 0.29) is 11.1 Å². The first-order valence-electron chi connectivity index (χ1n) is 11.5. The van der Waals surface area contributed by atoms with E-state index in [1.54, 1.807) is 24.3 Å².